The van der Waals surface area contributed by atoms with Gasteiger partial charge in [-0.15, -0.1) is 0 Å². The Hall–Kier alpha value is -2.01. The van der Waals surface area contributed by atoms with Gasteiger partial charge in [-0.05, 0) is 18.7 Å². The summed E-state index contributed by atoms with van der Waals surface area (Å²) in [6.07, 6.45) is 2.27. The second-order valence-corrected chi connectivity index (χ2v) is 3.96. The highest BCUT2D eigenvalue weighted by Crippen LogP contribution is 2.01. The molecule has 0 aromatic carbocycles. The Kier molecular flexibility index (Phi) is 4.20. The van der Waals surface area contributed by atoms with Gasteiger partial charge >= 0.3 is 0 Å². The van der Waals surface area contributed by atoms with E-state index in [1.165, 1.54) is 6.07 Å². The van der Waals surface area contributed by atoms with Gasteiger partial charge in [-0.3, -0.25) is 9.78 Å². The molecule has 0 saturated carbocycles. The van der Waals surface area contributed by atoms with E-state index >= 15 is 0 Å². The van der Waals surface area contributed by atoms with Crippen LogP contribution in [0.4, 0.5) is 0 Å². The van der Waals surface area contributed by atoms with Gasteiger partial charge in [0.05, 0.1) is 5.69 Å². The SMILES string of the molecule is CCNCc1cc(=O)[nH]c(Cc2ccccn2)n1. The van der Waals surface area contributed by atoms with Crippen molar-refractivity contribution in [1.82, 2.24) is 20.3 Å². The van der Waals surface area contributed by atoms with Crippen LogP contribution in [-0.2, 0) is 13.0 Å². The summed E-state index contributed by atoms with van der Waals surface area (Å²) in [7, 11) is 0. The third-order valence-corrected chi connectivity index (χ3v) is 2.47. The predicted octanol–water partition coefficient (Wildman–Crippen LogP) is 0.865. The van der Waals surface area contributed by atoms with Gasteiger partial charge < -0.3 is 10.3 Å². The summed E-state index contributed by atoms with van der Waals surface area (Å²) in [6, 6.07) is 7.21. The van der Waals surface area contributed by atoms with E-state index in [1.54, 1.807) is 6.20 Å². The van der Waals surface area contributed by atoms with Crippen molar-refractivity contribution in [1.29, 1.82) is 0 Å². The molecule has 0 aliphatic carbocycles. The molecule has 0 aliphatic rings. The van der Waals surface area contributed by atoms with Crippen LogP contribution in [0.2, 0.25) is 0 Å². The summed E-state index contributed by atoms with van der Waals surface area (Å²) < 4.78 is 0. The van der Waals surface area contributed by atoms with Crippen LogP contribution in [0.5, 0.6) is 0 Å². The van der Waals surface area contributed by atoms with Crippen LogP contribution in [0.3, 0.4) is 0 Å². The van der Waals surface area contributed by atoms with Gasteiger partial charge in [-0.2, -0.15) is 0 Å². The van der Waals surface area contributed by atoms with Crippen molar-refractivity contribution in [3.63, 3.8) is 0 Å². The van der Waals surface area contributed by atoms with Crippen LogP contribution in [0.1, 0.15) is 24.1 Å². The largest absolute Gasteiger partial charge is 0.311 e. The Labute approximate surface area is 105 Å². The van der Waals surface area contributed by atoms with Crippen molar-refractivity contribution in [2.45, 2.75) is 19.9 Å². The summed E-state index contributed by atoms with van der Waals surface area (Å²) in [6.45, 7) is 3.47. The second-order valence-electron chi connectivity index (χ2n) is 3.96. The summed E-state index contributed by atoms with van der Waals surface area (Å²) in [5.41, 5.74) is 1.52. The lowest BCUT2D eigenvalue weighted by Crippen LogP contribution is -2.19. The molecule has 5 heteroatoms. The molecule has 2 aromatic heterocycles. The summed E-state index contributed by atoms with van der Waals surface area (Å²) in [5.74, 6) is 0.647. The Morgan fingerprint density at radius 1 is 1.33 bits per heavy atom. The number of rotatable bonds is 5. The van der Waals surface area contributed by atoms with Gasteiger partial charge in [-0.1, -0.05) is 13.0 Å². The van der Waals surface area contributed by atoms with Crippen molar-refractivity contribution in [2.24, 2.45) is 0 Å². The molecule has 0 unspecified atom stereocenters. The molecule has 2 aromatic rings. The van der Waals surface area contributed by atoms with Crippen molar-refractivity contribution < 1.29 is 0 Å². The summed E-state index contributed by atoms with van der Waals surface area (Å²) in [4.78, 5) is 22.9. The zero-order valence-corrected chi connectivity index (χ0v) is 10.3. The molecule has 0 bridgehead atoms. The Balaban J connectivity index is 2.18. The average molecular weight is 244 g/mol. The molecule has 0 spiro atoms. The minimum absolute atomic E-state index is 0.121. The molecule has 0 atom stereocenters. The highest BCUT2D eigenvalue weighted by Gasteiger charge is 2.03. The average Bonchev–Trinajstić information content (AvgIpc) is 2.37. The molecule has 0 aliphatic heterocycles. The fraction of sp³-hybridized carbons (Fsp3) is 0.308. The number of nitrogens with zero attached hydrogens (tertiary/aromatic N) is 2. The first-order chi connectivity index (χ1) is 8.78. The topological polar surface area (TPSA) is 70.7 Å². The molecule has 2 heterocycles. The molecule has 2 rings (SSSR count). The van der Waals surface area contributed by atoms with E-state index in [9.17, 15) is 4.79 Å². The smallest absolute Gasteiger partial charge is 0.251 e. The van der Waals surface area contributed by atoms with Crippen molar-refractivity contribution in [3.05, 3.63) is 58.0 Å². The maximum atomic E-state index is 11.5. The van der Waals surface area contributed by atoms with E-state index in [0.29, 0.717) is 18.8 Å². The lowest BCUT2D eigenvalue weighted by molar-refractivity contribution is 0.699. The molecule has 2 N–H and O–H groups in total. The van der Waals surface area contributed by atoms with Crippen LogP contribution >= 0.6 is 0 Å². The van der Waals surface area contributed by atoms with E-state index < -0.39 is 0 Å². The normalized spacial score (nSPS) is 10.5. The van der Waals surface area contributed by atoms with Crippen LogP contribution in [-0.4, -0.2) is 21.5 Å². The fourth-order valence-electron chi connectivity index (χ4n) is 1.66. The summed E-state index contributed by atoms with van der Waals surface area (Å²) in [5, 5.41) is 3.15. The zero-order valence-electron chi connectivity index (χ0n) is 10.3. The lowest BCUT2D eigenvalue weighted by Gasteiger charge is -2.04. The first-order valence-corrected chi connectivity index (χ1v) is 5.97. The Morgan fingerprint density at radius 2 is 2.22 bits per heavy atom. The minimum atomic E-state index is -0.121. The molecule has 5 nitrogen and oxygen atoms in total. The highest BCUT2D eigenvalue weighted by molar-refractivity contribution is 5.11. The van der Waals surface area contributed by atoms with Gasteiger partial charge in [0.2, 0.25) is 0 Å². The molecule has 0 fully saturated rings. The maximum Gasteiger partial charge on any atom is 0.251 e. The van der Waals surface area contributed by atoms with Gasteiger partial charge in [0.15, 0.2) is 0 Å². The van der Waals surface area contributed by atoms with Crippen LogP contribution in [0, 0.1) is 0 Å². The molecule has 18 heavy (non-hydrogen) atoms. The molecular formula is C13H16N4O. The lowest BCUT2D eigenvalue weighted by atomic mass is 10.2. The molecular weight excluding hydrogens is 228 g/mol. The first kappa shape index (κ1) is 12.4. The van der Waals surface area contributed by atoms with E-state index in [1.807, 2.05) is 25.1 Å². The molecule has 0 saturated heterocycles. The number of H-pyrrole nitrogens is 1. The quantitative estimate of drug-likeness (QED) is 0.818. The fourth-order valence-corrected chi connectivity index (χ4v) is 1.66. The maximum absolute atomic E-state index is 11.5. The van der Waals surface area contributed by atoms with Gasteiger partial charge in [0.25, 0.3) is 5.56 Å². The zero-order chi connectivity index (χ0) is 12.8. The Bertz CT molecular complexity index is 550. The standard InChI is InChI=1S/C13H16N4O/c1-2-14-9-11-8-13(18)17-12(16-11)7-10-5-3-4-6-15-10/h3-6,8,14H,2,7,9H2,1H3,(H,16,17,18). The van der Waals surface area contributed by atoms with E-state index in [2.05, 4.69) is 20.3 Å². The first-order valence-electron chi connectivity index (χ1n) is 5.97. The van der Waals surface area contributed by atoms with Crippen molar-refractivity contribution in [2.75, 3.05) is 6.54 Å². The molecule has 0 amide bonds. The van der Waals surface area contributed by atoms with Crippen molar-refractivity contribution >= 4 is 0 Å². The molecule has 0 radical (unpaired) electrons. The number of hydrogen-bond acceptors (Lipinski definition) is 4. The number of aromatic nitrogens is 3. The monoisotopic (exact) mass is 244 g/mol. The van der Waals surface area contributed by atoms with Gasteiger partial charge in [0, 0.05) is 30.9 Å². The summed E-state index contributed by atoms with van der Waals surface area (Å²) >= 11 is 0. The van der Waals surface area contributed by atoms with Crippen LogP contribution < -0.4 is 10.9 Å². The van der Waals surface area contributed by atoms with E-state index in [4.69, 9.17) is 0 Å². The minimum Gasteiger partial charge on any atom is -0.311 e. The van der Waals surface area contributed by atoms with Crippen LogP contribution in [0.15, 0.2) is 35.3 Å². The van der Waals surface area contributed by atoms with Crippen molar-refractivity contribution in [3.8, 4) is 0 Å². The van der Waals surface area contributed by atoms with E-state index in [-0.39, 0.29) is 5.56 Å². The number of hydrogen-bond donors (Lipinski definition) is 2. The van der Waals surface area contributed by atoms with Gasteiger partial charge in [-0.25, -0.2) is 4.98 Å². The number of nitrogens with one attached hydrogen (secondary N) is 2. The Morgan fingerprint density at radius 3 is 2.94 bits per heavy atom. The third kappa shape index (κ3) is 3.49. The number of aromatic amines is 1. The third-order valence-electron chi connectivity index (χ3n) is 2.47. The number of pyridine rings is 1. The molecule has 94 valence electrons. The van der Waals surface area contributed by atoms with Crippen LogP contribution in [0.25, 0.3) is 0 Å². The van der Waals surface area contributed by atoms with E-state index in [0.717, 1.165) is 17.9 Å². The highest BCUT2D eigenvalue weighted by atomic mass is 16.1. The predicted molar refractivity (Wildman–Crippen MR) is 69.3 cm³/mol. The van der Waals surface area contributed by atoms with Gasteiger partial charge in [0.1, 0.15) is 5.82 Å². The second kappa shape index (κ2) is 6.07.